The van der Waals surface area contributed by atoms with Crippen LogP contribution in [0.25, 0.3) is 10.9 Å². The summed E-state index contributed by atoms with van der Waals surface area (Å²) in [5.41, 5.74) is 4.80. The van der Waals surface area contributed by atoms with E-state index in [9.17, 15) is 19.5 Å². The summed E-state index contributed by atoms with van der Waals surface area (Å²) in [7, 11) is 0. The number of carbonyl (C=O) groups excluding carboxylic acids is 1. The first-order valence-electron chi connectivity index (χ1n) is 7.02. The average molecular weight is 319 g/mol. The number of nitrogens with zero attached hydrogens (tertiary/aromatic N) is 1. The van der Waals surface area contributed by atoms with Gasteiger partial charge in [0.25, 0.3) is 11.5 Å². The van der Waals surface area contributed by atoms with E-state index in [0.29, 0.717) is 23.9 Å². The van der Waals surface area contributed by atoms with Crippen LogP contribution >= 0.6 is 0 Å². The maximum atomic E-state index is 12.5. The third-order valence-corrected chi connectivity index (χ3v) is 3.36. The molecule has 1 heterocycles. The number of aromatic hydroxyl groups is 1. The lowest BCUT2D eigenvalue weighted by Gasteiger charge is -2.14. The first-order valence-corrected chi connectivity index (χ1v) is 7.02. The molecule has 2 aromatic rings. The fourth-order valence-corrected chi connectivity index (χ4v) is 2.31. The summed E-state index contributed by atoms with van der Waals surface area (Å²) < 4.78 is 1.36. The van der Waals surface area contributed by atoms with Gasteiger partial charge in [0, 0.05) is 11.9 Å². The molecule has 1 aromatic carbocycles. The van der Waals surface area contributed by atoms with Gasteiger partial charge in [-0.3, -0.25) is 14.4 Å². The molecule has 0 spiro atoms. The minimum absolute atomic E-state index is 0.287. The van der Waals surface area contributed by atoms with Gasteiger partial charge in [0.1, 0.15) is 17.9 Å². The van der Waals surface area contributed by atoms with Gasteiger partial charge in [0.2, 0.25) is 0 Å². The molecule has 2 rings (SSSR count). The molecule has 0 bridgehead atoms. The van der Waals surface area contributed by atoms with Gasteiger partial charge in [0.15, 0.2) is 0 Å². The van der Waals surface area contributed by atoms with Crippen LogP contribution in [0.15, 0.2) is 29.1 Å². The molecule has 0 aliphatic heterocycles. The highest BCUT2D eigenvalue weighted by Crippen LogP contribution is 2.26. The van der Waals surface area contributed by atoms with E-state index < -0.39 is 35.3 Å². The topological polar surface area (TPSA) is 135 Å². The number of hydrogen-bond donors (Lipinski definition) is 4. The third kappa shape index (κ3) is 3.32. The average Bonchev–Trinajstić information content (AvgIpc) is 2.53. The van der Waals surface area contributed by atoms with E-state index in [0.717, 1.165) is 0 Å². The summed E-state index contributed by atoms with van der Waals surface area (Å²) in [6.07, 6.45) is 0.519. The number of aryl methyl sites for hydroxylation is 1. The molecule has 23 heavy (non-hydrogen) atoms. The number of aliphatic carboxylic acids is 1. The van der Waals surface area contributed by atoms with Gasteiger partial charge in [-0.1, -0.05) is 12.1 Å². The number of carboxylic acids is 1. The predicted octanol–water partition coefficient (Wildman–Crippen LogP) is -0.130. The Hall–Kier alpha value is -2.87. The molecule has 1 aromatic heterocycles. The van der Waals surface area contributed by atoms with E-state index in [1.54, 1.807) is 24.3 Å². The highest BCUT2D eigenvalue weighted by atomic mass is 16.4. The van der Waals surface area contributed by atoms with E-state index in [4.69, 9.17) is 10.8 Å². The number of hydrogen-bond acceptors (Lipinski definition) is 5. The van der Waals surface area contributed by atoms with Crippen LogP contribution in [0.4, 0.5) is 0 Å². The molecule has 0 saturated heterocycles. The molecule has 0 atom stereocenters. The van der Waals surface area contributed by atoms with Gasteiger partial charge >= 0.3 is 5.97 Å². The molecule has 0 aliphatic rings. The normalized spacial score (nSPS) is 10.7. The first-order chi connectivity index (χ1) is 11.0. The van der Waals surface area contributed by atoms with Gasteiger partial charge in [-0.15, -0.1) is 0 Å². The molecule has 122 valence electrons. The molecule has 0 fully saturated rings. The van der Waals surface area contributed by atoms with Crippen LogP contribution in [0.2, 0.25) is 0 Å². The van der Waals surface area contributed by atoms with Crippen molar-refractivity contribution in [3.8, 4) is 5.75 Å². The Morgan fingerprint density at radius 1 is 1.26 bits per heavy atom. The van der Waals surface area contributed by atoms with E-state index in [1.807, 2.05) is 0 Å². The minimum Gasteiger partial charge on any atom is -0.506 e. The third-order valence-electron chi connectivity index (χ3n) is 3.36. The first kappa shape index (κ1) is 16.5. The number of para-hydroxylation sites is 1. The maximum Gasteiger partial charge on any atom is 0.322 e. The van der Waals surface area contributed by atoms with Crippen LogP contribution in [0.5, 0.6) is 5.75 Å². The Morgan fingerprint density at radius 2 is 1.96 bits per heavy atom. The van der Waals surface area contributed by atoms with Crippen molar-refractivity contribution in [3.63, 3.8) is 0 Å². The van der Waals surface area contributed by atoms with Gasteiger partial charge in [0.05, 0.1) is 5.52 Å². The second-order valence-corrected chi connectivity index (χ2v) is 4.92. The number of nitrogens with one attached hydrogen (secondary N) is 1. The van der Waals surface area contributed by atoms with Crippen LogP contribution in [0.1, 0.15) is 16.8 Å². The highest BCUT2D eigenvalue weighted by molar-refractivity contribution is 6.03. The van der Waals surface area contributed by atoms with Gasteiger partial charge in [-0.05, 0) is 25.1 Å². The van der Waals surface area contributed by atoms with Crippen LogP contribution in [-0.2, 0) is 11.3 Å². The number of aromatic nitrogens is 1. The molecule has 5 N–H and O–H groups in total. The zero-order chi connectivity index (χ0) is 17.0. The van der Waals surface area contributed by atoms with Crippen LogP contribution in [0, 0.1) is 0 Å². The molecule has 8 heteroatoms. The lowest BCUT2D eigenvalue weighted by molar-refractivity contribution is -0.135. The summed E-state index contributed by atoms with van der Waals surface area (Å²) in [4.78, 5) is 35.2. The number of carboxylic acid groups (broad SMARTS) is 1. The van der Waals surface area contributed by atoms with Crippen LogP contribution in [-0.4, -0.2) is 39.7 Å². The molecule has 1 amide bonds. The molecular formula is C15H17N3O5. The fourth-order valence-electron chi connectivity index (χ4n) is 2.31. The van der Waals surface area contributed by atoms with E-state index in [1.165, 1.54) is 4.57 Å². The fraction of sp³-hybridized carbons (Fsp3) is 0.267. The Morgan fingerprint density at radius 3 is 2.61 bits per heavy atom. The standard InChI is InChI=1S/C15H17N3O5/c16-6-3-7-18-10-5-2-1-4-9(10)13(21)12(15(18)23)14(22)17-8-11(19)20/h1-2,4-5,21H,3,6-8,16H2,(H,17,22)(H,19,20). The smallest absolute Gasteiger partial charge is 0.322 e. The van der Waals surface area contributed by atoms with Gasteiger partial charge in [-0.2, -0.15) is 0 Å². The number of benzene rings is 1. The number of pyridine rings is 1. The van der Waals surface area contributed by atoms with Crippen molar-refractivity contribution in [1.82, 2.24) is 9.88 Å². The quantitative estimate of drug-likeness (QED) is 0.586. The Labute approximate surface area is 131 Å². The number of carbonyl (C=O) groups is 2. The number of nitrogens with two attached hydrogens (primary N) is 1. The molecule has 0 saturated carbocycles. The maximum absolute atomic E-state index is 12.5. The van der Waals surface area contributed by atoms with Gasteiger partial charge in [-0.25, -0.2) is 0 Å². The largest absolute Gasteiger partial charge is 0.506 e. The monoisotopic (exact) mass is 319 g/mol. The Kier molecular flexibility index (Phi) is 4.97. The summed E-state index contributed by atoms with van der Waals surface area (Å²) >= 11 is 0. The Bertz CT molecular complexity index is 813. The predicted molar refractivity (Wildman–Crippen MR) is 83.5 cm³/mol. The number of amides is 1. The van der Waals surface area contributed by atoms with Crippen molar-refractivity contribution in [2.45, 2.75) is 13.0 Å². The van der Waals surface area contributed by atoms with Crippen LogP contribution < -0.4 is 16.6 Å². The molecule has 0 aliphatic carbocycles. The number of rotatable bonds is 6. The molecule has 0 unspecified atom stereocenters. The van der Waals surface area contributed by atoms with Gasteiger partial charge < -0.3 is 25.8 Å². The molecule has 0 radical (unpaired) electrons. The second-order valence-electron chi connectivity index (χ2n) is 4.92. The van der Waals surface area contributed by atoms with E-state index in [2.05, 4.69) is 5.32 Å². The van der Waals surface area contributed by atoms with Crippen molar-refractivity contribution < 1.29 is 19.8 Å². The summed E-state index contributed by atoms with van der Waals surface area (Å²) in [5, 5.41) is 21.3. The second kappa shape index (κ2) is 6.93. The van der Waals surface area contributed by atoms with Crippen molar-refractivity contribution in [3.05, 3.63) is 40.2 Å². The summed E-state index contributed by atoms with van der Waals surface area (Å²) in [6.45, 7) is 0.00483. The van der Waals surface area contributed by atoms with E-state index in [-0.39, 0.29) is 6.54 Å². The van der Waals surface area contributed by atoms with Crippen LogP contribution in [0.3, 0.4) is 0 Å². The van der Waals surface area contributed by atoms with Crippen molar-refractivity contribution >= 4 is 22.8 Å². The highest BCUT2D eigenvalue weighted by Gasteiger charge is 2.22. The summed E-state index contributed by atoms with van der Waals surface area (Å²) in [6, 6.07) is 6.62. The zero-order valence-corrected chi connectivity index (χ0v) is 12.3. The number of fused-ring (bicyclic) bond motifs is 1. The van der Waals surface area contributed by atoms with Crippen molar-refractivity contribution in [2.75, 3.05) is 13.1 Å². The summed E-state index contributed by atoms with van der Waals surface area (Å²) in [5.74, 6) is -2.64. The van der Waals surface area contributed by atoms with E-state index >= 15 is 0 Å². The zero-order valence-electron chi connectivity index (χ0n) is 12.3. The SMILES string of the molecule is NCCCn1c(=O)c(C(=O)NCC(=O)O)c(O)c2ccccc21. The Balaban J connectivity index is 2.62. The molecular weight excluding hydrogens is 302 g/mol. The molecule has 8 nitrogen and oxygen atoms in total. The van der Waals surface area contributed by atoms with Crippen molar-refractivity contribution in [1.29, 1.82) is 0 Å². The minimum atomic E-state index is -1.25. The van der Waals surface area contributed by atoms with Crippen molar-refractivity contribution in [2.24, 2.45) is 5.73 Å². The lowest BCUT2D eigenvalue weighted by atomic mass is 10.1. The lowest BCUT2D eigenvalue weighted by Crippen LogP contribution is -2.36.